The van der Waals surface area contributed by atoms with Gasteiger partial charge >= 0.3 is 0 Å². The molecule has 0 saturated carbocycles. The average Bonchev–Trinajstić information content (AvgIpc) is 2.18. The molecule has 3 heteroatoms. The number of hydrogen-bond donors (Lipinski definition) is 1. The van der Waals surface area contributed by atoms with Crippen LogP contribution in [0.3, 0.4) is 0 Å². The fraction of sp³-hybridized carbons (Fsp3) is 0.583. The Bertz CT molecular complexity index is 301. The molecular weight excluding hydrogens is 210 g/mol. The van der Waals surface area contributed by atoms with E-state index in [0.29, 0.717) is 17.4 Å². The van der Waals surface area contributed by atoms with Crippen LogP contribution in [0.2, 0.25) is 5.02 Å². The van der Waals surface area contributed by atoms with Crippen molar-refractivity contribution in [2.45, 2.75) is 39.2 Å². The Morgan fingerprint density at radius 2 is 2.13 bits per heavy atom. The molecule has 0 amide bonds. The standard InChI is InChI=1S/C12H18ClNO/c1-9(2)3-4-11(15)7-10-5-6-14-8-12(10)13/h5-6,8-9,11,15H,3-4,7H2,1-2H3. The number of halogens is 1. The zero-order valence-corrected chi connectivity index (χ0v) is 10.0. The van der Waals surface area contributed by atoms with E-state index in [4.69, 9.17) is 11.6 Å². The number of hydrogen-bond acceptors (Lipinski definition) is 2. The van der Waals surface area contributed by atoms with Crippen LogP contribution in [0.5, 0.6) is 0 Å². The molecule has 0 aliphatic heterocycles. The number of aliphatic hydroxyl groups is 1. The molecule has 0 bridgehead atoms. The Balaban J connectivity index is 2.44. The second-order valence-electron chi connectivity index (χ2n) is 4.30. The van der Waals surface area contributed by atoms with Gasteiger partial charge in [0.05, 0.1) is 11.1 Å². The first-order valence-electron chi connectivity index (χ1n) is 5.36. The van der Waals surface area contributed by atoms with Gasteiger partial charge in [-0.15, -0.1) is 0 Å². The summed E-state index contributed by atoms with van der Waals surface area (Å²) in [7, 11) is 0. The lowest BCUT2D eigenvalue weighted by Gasteiger charge is -2.12. The van der Waals surface area contributed by atoms with Gasteiger partial charge < -0.3 is 5.11 Å². The summed E-state index contributed by atoms with van der Waals surface area (Å²) in [6.45, 7) is 4.32. The minimum atomic E-state index is -0.299. The van der Waals surface area contributed by atoms with Crippen LogP contribution in [0, 0.1) is 5.92 Å². The molecule has 1 aromatic heterocycles. The van der Waals surface area contributed by atoms with Gasteiger partial charge in [0, 0.05) is 12.4 Å². The van der Waals surface area contributed by atoms with Crippen molar-refractivity contribution >= 4 is 11.6 Å². The van der Waals surface area contributed by atoms with Crippen LogP contribution < -0.4 is 0 Å². The normalized spacial score (nSPS) is 13.1. The predicted molar refractivity (Wildman–Crippen MR) is 63.0 cm³/mol. The summed E-state index contributed by atoms with van der Waals surface area (Å²) in [4.78, 5) is 3.91. The zero-order valence-electron chi connectivity index (χ0n) is 9.28. The summed E-state index contributed by atoms with van der Waals surface area (Å²) in [5.74, 6) is 0.632. The highest BCUT2D eigenvalue weighted by Crippen LogP contribution is 2.17. The first-order chi connectivity index (χ1) is 7.09. The third kappa shape index (κ3) is 4.63. The third-order valence-electron chi connectivity index (χ3n) is 2.39. The maximum atomic E-state index is 9.80. The molecule has 0 aromatic carbocycles. The van der Waals surface area contributed by atoms with Gasteiger partial charge in [-0.1, -0.05) is 25.4 Å². The van der Waals surface area contributed by atoms with E-state index in [2.05, 4.69) is 18.8 Å². The Hall–Kier alpha value is -0.600. The third-order valence-corrected chi connectivity index (χ3v) is 2.73. The molecular formula is C12H18ClNO. The summed E-state index contributed by atoms with van der Waals surface area (Å²) in [5.41, 5.74) is 0.975. The fourth-order valence-corrected chi connectivity index (χ4v) is 1.65. The molecule has 0 saturated heterocycles. The largest absolute Gasteiger partial charge is 0.393 e. The molecule has 84 valence electrons. The van der Waals surface area contributed by atoms with Crippen LogP contribution in [-0.2, 0) is 6.42 Å². The molecule has 0 fully saturated rings. The topological polar surface area (TPSA) is 33.1 Å². The van der Waals surface area contributed by atoms with Gasteiger partial charge in [-0.2, -0.15) is 0 Å². The van der Waals surface area contributed by atoms with Gasteiger partial charge in [-0.05, 0) is 36.8 Å². The number of nitrogens with zero attached hydrogens (tertiary/aromatic N) is 1. The monoisotopic (exact) mass is 227 g/mol. The summed E-state index contributed by atoms with van der Waals surface area (Å²) in [6.07, 6.45) is 5.52. The van der Waals surface area contributed by atoms with Crippen LogP contribution >= 0.6 is 11.6 Å². The number of aromatic nitrogens is 1. The average molecular weight is 228 g/mol. The maximum absolute atomic E-state index is 9.80. The Kier molecular flexibility index (Phi) is 5.06. The lowest BCUT2D eigenvalue weighted by molar-refractivity contribution is 0.157. The van der Waals surface area contributed by atoms with Gasteiger partial charge in [-0.3, -0.25) is 4.98 Å². The van der Waals surface area contributed by atoms with Crippen LogP contribution in [0.25, 0.3) is 0 Å². The molecule has 1 unspecified atom stereocenters. The van der Waals surface area contributed by atoms with Crippen molar-refractivity contribution in [3.05, 3.63) is 29.0 Å². The smallest absolute Gasteiger partial charge is 0.0622 e. The quantitative estimate of drug-likeness (QED) is 0.839. The summed E-state index contributed by atoms with van der Waals surface area (Å²) in [5, 5.41) is 10.4. The molecule has 1 N–H and O–H groups in total. The number of rotatable bonds is 5. The van der Waals surface area contributed by atoms with E-state index < -0.39 is 0 Å². The Morgan fingerprint density at radius 3 is 2.73 bits per heavy atom. The summed E-state index contributed by atoms with van der Waals surface area (Å²) < 4.78 is 0. The SMILES string of the molecule is CC(C)CCC(O)Cc1ccncc1Cl. The van der Waals surface area contributed by atoms with Crippen molar-refractivity contribution in [1.29, 1.82) is 0 Å². The molecule has 0 spiro atoms. The fourth-order valence-electron chi connectivity index (χ4n) is 1.45. The number of pyridine rings is 1. The van der Waals surface area contributed by atoms with Gasteiger partial charge in [-0.25, -0.2) is 0 Å². The van der Waals surface area contributed by atoms with Crippen molar-refractivity contribution in [3.8, 4) is 0 Å². The first kappa shape index (κ1) is 12.5. The lowest BCUT2D eigenvalue weighted by atomic mass is 10.0. The Labute approximate surface area is 96.3 Å². The van der Waals surface area contributed by atoms with E-state index in [-0.39, 0.29) is 6.10 Å². The molecule has 1 aromatic rings. The predicted octanol–water partition coefficient (Wildman–Crippen LogP) is 3.07. The zero-order chi connectivity index (χ0) is 11.3. The van der Waals surface area contributed by atoms with Crippen molar-refractivity contribution in [1.82, 2.24) is 4.98 Å². The van der Waals surface area contributed by atoms with E-state index in [0.717, 1.165) is 18.4 Å². The van der Waals surface area contributed by atoms with Gasteiger partial charge in [0.1, 0.15) is 0 Å². The molecule has 1 heterocycles. The molecule has 0 aliphatic carbocycles. The van der Waals surface area contributed by atoms with E-state index in [1.54, 1.807) is 12.4 Å². The lowest BCUT2D eigenvalue weighted by Crippen LogP contribution is -2.11. The minimum absolute atomic E-state index is 0.299. The van der Waals surface area contributed by atoms with Crippen LogP contribution in [0.4, 0.5) is 0 Å². The minimum Gasteiger partial charge on any atom is -0.393 e. The summed E-state index contributed by atoms with van der Waals surface area (Å²) >= 11 is 5.96. The van der Waals surface area contributed by atoms with E-state index in [9.17, 15) is 5.11 Å². The van der Waals surface area contributed by atoms with E-state index >= 15 is 0 Å². The molecule has 15 heavy (non-hydrogen) atoms. The van der Waals surface area contributed by atoms with Crippen LogP contribution in [0.15, 0.2) is 18.5 Å². The van der Waals surface area contributed by atoms with Crippen molar-refractivity contribution in [2.24, 2.45) is 5.92 Å². The highest BCUT2D eigenvalue weighted by Gasteiger charge is 2.09. The highest BCUT2D eigenvalue weighted by atomic mass is 35.5. The first-order valence-corrected chi connectivity index (χ1v) is 5.74. The number of aliphatic hydroxyl groups excluding tert-OH is 1. The Morgan fingerprint density at radius 1 is 1.40 bits per heavy atom. The second kappa shape index (κ2) is 6.09. The van der Waals surface area contributed by atoms with Crippen molar-refractivity contribution < 1.29 is 5.11 Å². The van der Waals surface area contributed by atoms with Crippen molar-refractivity contribution in [2.75, 3.05) is 0 Å². The highest BCUT2D eigenvalue weighted by molar-refractivity contribution is 6.31. The molecule has 1 rings (SSSR count). The van der Waals surface area contributed by atoms with Crippen molar-refractivity contribution in [3.63, 3.8) is 0 Å². The van der Waals surface area contributed by atoms with Gasteiger partial charge in [0.25, 0.3) is 0 Å². The molecule has 2 nitrogen and oxygen atoms in total. The maximum Gasteiger partial charge on any atom is 0.0622 e. The molecule has 0 radical (unpaired) electrons. The van der Waals surface area contributed by atoms with Crippen LogP contribution in [-0.4, -0.2) is 16.2 Å². The summed E-state index contributed by atoms with van der Waals surface area (Å²) in [6, 6.07) is 1.86. The second-order valence-corrected chi connectivity index (χ2v) is 4.70. The van der Waals surface area contributed by atoms with Gasteiger partial charge in [0.2, 0.25) is 0 Å². The molecule has 0 aliphatic rings. The van der Waals surface area contributed by atoms with E-state index in [1.165, 1.54) is 0 Å². The molecule has 1 atom stereocenters. The van der Waals surface area contributed by atoms with Crippen LogP contribution in [0.1, 0.15) is 32.3 Å². The van der Waals surface area contributed by atoms with E-state index in [1.807, 2.05) is 6.07 Å². The van der Waals surface area contributed by atoms with Gasteiger partial charge in [0.15, 0.2) is 0 Å².